The van der Waals surface area contributed by atoms with Crippen LogP contribution < -0.4 is 0 Å². The van der Waals surface area contributed by atoms with E-state index in [0.717, 1.165) is 6.08 Å². The Morgan fingerprint density at radius 1 is 1.00 bits per heavy atom. The molecule has 0 aromatic heterocycles. The summed E-state index contributed by atoms with van der Waals surface area (Å²) in [6.07, 6.45) is 8.15. The van der Waals surface area contributed by atoms with E-state index in [0.29, 0.717) is 0 Å². The van der Waals surface area contributed by atoms with Crippen LogP contribution in [0.3, 0.4) is 0 Å². The number of aliphatic hydroxyl groups excluding tert-OH is 2. The molecule has 2 aliphatic carbocycles. The van der Waals surface area contributed by atoms with Gasteiger partial charge in [0.25, 0.3) is 0 Å². The number of allylic oxidation sites excluding steroid dienone is 4. The molecular formula is C12H16O6. The Kier molecular flexibility index (Phi) is 4.44. The van der Waals surface area contributed by atoms with E-state index >= 15 is 0 Å². The SMILES string of the molecule is OC1=CC=CC(O)(O)C1.OC1C=CC=CC1(O)O. The first kappa shape index (κ1) is 14.6. The van der Waals surface area contributed by atoms with Crippen molar-refractivity contribution in [2.24, 2.45) is 0 Å². The van der Waals surface area contributed by atoms with Crippen LogP contribution in [0.5, 0.6) is 0 Å². The van der Waals surface area contributed by atoms with Crippen LogP contribution in [0.25, 0.3) is 0 Å². The van der Waals surface area contributed by atoms with E-state index in [1.165, 1.54) is 30.4 Å². The first-order chi connectivity index (χ1) is 8.23. The first-order valence-electron chi connectivity index (χ1n) is 5.24. The minimum Gasteiger partial charge on any atom is -0.512 e. The monoisotopic (exact) mass is 256 g/mol. The van der Waals surface area contributed by atoms with E-state index in [1.807, 2.05) is 0 Å². The largest absolute Gasteiger partial charge is 0.512 e. The minimum atomic E-state index is -2.07. The Hall–Kier alpha value is -1.44. The molecule has 6 N–H and O–H groups in total. The number of aliphatic hydroxyl groups is 6. The molecule has 0 saturated carbocycles. The molecule has 1 unspecified atom stereocenters. The van der Waals surface area contributed by atoms with Crippen LogP contribution in [0.4, 0.5) is 0 Å². The van der Waals surface area contributed by atoms with Gasteiger partial charge in [0.2, 0.25) is 5.79 Å². The molecule has 100 valence electrons. The molecule has 0 bridgehead atoms. The zero-order chi connectivity index (χ0) is 13.8. The fourth-order valence-corrected chi connectivity index (χ4v) is 1.30. The second-order valence-electron chi connectivity index (χ2n) is 4.04. The molecule has 0 radical (unpaired) electrons. The normalized spacial score (nSPS) is 27.2. The summed E-state index contributed by atoms with van der Waals surface area (Å²) >= 11 is 0. The highest BCUT2D eigenvalue weighted by atomic mass is 16.5. The molecule has 0 aromatic rings. The van der Waals surface area contributed by atoms with Gasteiger partial charge in [0.05, 0.1) is 12.2 Å². The zero-order valence-electron chi connectivity index (χ0n) is 9.51. The standard InChI is InChI=1S/2C6H8O3/c7-5-2-1-3-6(8,9)4-5;7-5-3-1-2-4-6(5,8)9/h1-3,7-9H,4H2;1-5,7-9H. The maximum atomic E-state index is 8.81. The van der Waals surface area contributed by atoms with Gasteiger partial charge in [0.15, 0.2) is 5.79 Å². The van der Waals surface area contributed by atoms with E-state index in [4.69, 9.17) is 30.6 Å². The van der Waals surface area contributed by atoms with Crippen molar-refractivity contribution in [2.45, 2.75) is 24.1 Å². The van der Waals surface area contributed by atoms with Crippen molar-refractivity contribution in [2.75, 3.05) is 0 Å². The summed E-state index contributed by atoms with van der Waals surface area (Å²) in [5.74, 6) is -3.93. The van der Waals surface area contributed by atoms with Crippen LogP contribution in [0.1, 0.15) is 6.42 Å². The Labute approximate surface area is 104 Å². The fraction of sp³-hybridized carbons (Fsp3) is 0.333. The molecule has 0 aliphatic heterocycles. The molecule has 2 rings (SSSR count). The lowest BCUT2D eigenvalue weighted by molar-refractivity contribution is -0.174. The van der Waals surface area contributed by atoms with Gasteiger partial charge in [0, 0.05) is 0 Å². The molecule has 0 amide bonds. The topological polar surface area (TPSA) is 121 Å². The highest BCUT2D eigenvalue weighted by molar-refractivity contribution is 5.19. The molecule has 0 spiro atoms. The number of hydrogen-bond acceptors (Lipinski definition) is 6. The van der Waals surface area contributed by atoms with E-state index in [1.54, 1.807) is 6.08 Å². The van der Waals surface area contributed by atoms with E-state index in [9.17, 15) is 0 Å². The van der Waals surface area contributed by atoms with Crippen LogP contribution in [0.15, 0.2) is 48.3 Å². The van der Waals surface area contributed by atoms with Gasteiger partial charge in [0.1, 0.15) is 6.10 Å². The van der Waals surface area contributed by atoms with Gasteiger partial charge < -0.3 is 30.6 Å². The van der Waals surface area contributed by atoms with Crippen molar-refractivity contribution in [1.82, 2.24) is 0 Å². The first-order valence-corrected chi connectivity index (χ1v) is 5.24. The van der Waals surface area contributed by atoms with E-state index in [-0.39, 0.29) is 12.2 Å². The van der Waals surface area contributed by atoms with E-state index in [2.05, 4.69) is 0 Å². The maximum absolute atomic E-state index is 8.81. The number of hydrogen-bond donors (Lipinski definition) is 6. The lowest BCUT2D eigenvalue weighted by atomic mass is 10.1. The van der Waals surface area contributed by atoms with Crippen LogP contribution in [-0.2, 0) is 0 Å². The third kappa shape index (κ3) is 4.44. The van der Waals surface area contributed by atoms with Gasteiger partial charge in [-0.25, -0.2) is 0 Å². The van der Waals surface area contributed by atoms with Gasteiger partial charge >= 0.3 is 0 Å². The van der Waals surface area contributed by atoms with Crippen molar-refractivity contribution >= 4 is 0 Å². The molecule has 0 aromatic carbocycles. The van der Waals surface area contributed by atoms with E-state index < -0.39 is 17.7 Å². The van der Waals surface area contributed by atoms with Crippen molar-refractivity contribution in [3.8, 4) is 0 Å². The molecule has 0 heterocycles. The molecule has 0 saturated heterocycles. The summed E-state index contributed by atoms with van der Waals surface area (Å²) in [5.41, 5.74) is 0. The number of rotatable bonds is 0. The summed E-state index contributed by atoms with van der Waals surface area (Å²) < 4.78 is 0. The Morgan fingerprint density at radius 2 is 1.67 bits per heavy atom. The fourth-order valence-electron chi connectivity index (χ4n) is 1.30. The molecule has 1 atom stereocenters. The second-order valence-corrected chi connectivity index (χ2v) is 4.04. The molecule has 0 fully saturated rings. The predicted molar refractivity (Wildman–Crippen MR) is 63.1 cm³/mol. The zero-order valence-corrected chi connectivity index (χ0v) is 9.51. The Morgan fingerprint density at radius 3 is 2.00 bits per heavy atom. The lowest BCUT2D eigenvalue weighted by Gasteiger charge is -2.23. The second kappa shape index (κ2) is 5.47. The van der Waals surface area contributed by atoms with Crippen molar-refractivity contribution in [3.63, 3.8) is 0 Å². The predicted octanol–water partition coefficient (Wildman–Crippen LogP) is -0.777. The summed E-state index contributed by atoms with van der Waals surface area (Å²) in [6.45, 7) is 0. The summed E-state index contributed by atoms with van der Waals surface area (Å²) in [4.78, 5) is 0. The van der Waals surface area contributed by atoms with Gasteiger partial charge in [-0.05, 0) is 18.2 Å². The molecule has 6 nitrogen and oxygen atoms in total. The van der Waals surface area contributed by atoms with Gasteiger partial charge in [-0.15, -0.1) is 0 Å². The minimum absolute atomic E-state index is 0.0116. The van der Waals surface area contributed by atoms with Crippen LogP contribution >= 0.6 is 0 Å². The Bertz CT molecular complexity index is 403. The lowest BCUT2D eigenvalue weighted by Crippen LogP contribution is -2.39. The smallest absolute Gasteiger partial charge is 0.213 e. The Balaban J connectivity index is 0.000000180. The van der Waals surface area contributed by atoms with Gasteiger partial charge in [-0.2, -0.15) is 0 Å². The summed E-state index contributed by atoms with van der Waals surface area (Å²) in [6, 6.07) is 0. The molecule has 2 aliphatic rings. The molecular weight excluding hydrogens is 240 g/mol. The molecule has 18 heavy (non-hydrogen) atoms. The van der Waals surface area contributed by atoms with Crippen LogP contribution in [-0.4, -0.2) is 48.3 Å². The van der Waals surface area contributed by atoms with Gasteiger partial charge in [-0.3, -0.25) is 0 Å². The van der Waals surface area contributed by atoms with Crippen molar-refractivity contribution in [1.29, 1.82) is 0 Å². The van der Waals surface area contributed by atoms with Crippen molar-refractivity contribution in [3.05, 3.63) is 48.3 Å². The average Bonchev–Trinajstić information content (AvgIpc) is 2.21. The van der Waals surface area contributed by atoms with Crippen LogP contribution in [0.2, 0.25) is 0 Å². The highest BCUT2D eigenvalue weighted by Crippen LogP contribution is 2.17. The summed E-state index contributed by atoms with van der Waals surface area (Å²) in [7, 11) is 0. The highest BCUT2D eigenvalue weighted by Gasteiger charge is 2.28. The third-order valence-corrected chi connectivity index (χ3v) is 2.27. The summed E-state index contributed by atoms with van der Waals surface area (Å²) in [5, 5.41) is 52.8. The quantitative estimate of drug-likeness (QED) is 0.316. The van der Waals surface area contributed by atoms with Crippen molar-refractivity contribution < 1.29 is 30.6 Å². The van der Waals surface area contributed by atoms with Crippen LogP contribution in [0, 0.1) is 0 Å². The van der Waals surface area contributed by atoms with Gasteiger partial charge in [-0.1, -0.05) is 24.3 Å². The maximum Gasteiger partial charge on any atom is 0.213 e. The third-order valence-electron chi connectivity index (χ3n) is 2.27. The average molecular weight is 256 g/mol. The molecule has 6 heteroatoms.